The summed E-state index contributed by atoms with van der Waals surface area (Å²) >= 11 is 0. The average Bonchev–Trinajstić information content (AvgIpc) is 3.22. The number of hydrogen-bond acceptors (Lipinski definition) is 4. The molecule has 3 aromatic rings. The zero-order valence-corrected chi connectivity index (χ0v) is 17.5. The van der Waals surface area contributed by atoms with Crippen molar-refractivity contribution in [3.05, 3.63) is 87.9 Å². The minimum Gasteiger partial charge on any atom is -0.393 e. The Hall–Kier alpha value is -3.46. The highest BCUT2D eigenvalue weighted by Gasteiger charge is 2.28. The van der Waals surface area contributed by atoms with E-state index in [0.717, 1.165) is 17.7 Å². The third kappa shape index (κ3) is 4.41. The zero-order valence-electron chi connectivity index (χ0n) is 17.5. The molecule has 1 amide bonds. The summed E-state index contributed by atoms with van der Waals surface area (Å²) in [5.74, 6) is -4.33. The smallest absolute Gasteiger partial charge is 0.249 e. The lowest BCUT2D eigenvalue weighted by Crippen LogP contribution is -2.21. The van der Waals surface area contributed by atoms with Gasteiger partial charge in [-0.2, -0.15) is 0 Å². The number of aliphatic hydroxyl groups excluding tert-OH is 1. The molecule has 0 bridgehead atoms. The number of rotatable bonds is 7. The van der Waals surface area contributed by atoms with Crippen molar-refractivity contribution in [2.75, 3.05) is 18.1 Å². The molecule has 0 radical (unpaired) electrons. The van der Waals surface area contributed by atoms with Gasteiger partial charge in [0.15, 0.2) is 17.5 Å². The molecular formula is C24H21F4N3O2. The van der Waals surface area contributed by atoms with E-state index in [-0.39, 0.29) is 18.4 Å². The summed E-state index contributed by atoms with van der Waals surface area (Å²) in [6.07, 6.45) is 0.230. The summed E-state index contributed by atoms with van der Waals surface area (Å²) in [6.45, 7) is -0.255. The van der Waals surface area contributed by atoms with Crippen molar-refractivity contribution < 1.29 is 27.5 Å². The molecule has 2 heterocycles. The maximum absolute atomic E-state index is 14.3. The van der Waals surface area contributed by atoms with Crippen LogP contribution >= 0.6 is 0 Å². The molecule has 1 aromatic heterocycles. The lowest BCUT2D eigenvalue weighted by molar-refractivity contribution is 0.0999. The van der Waals surface area contributed by atoms with E-state index in [1.165, 1.54) is 6.20 Å². The summed E-state index contributed by atoms with van der Waals surface area (Å²) < 4.78 is 55.2. The largest absolute Gasteiger partial charge is 0.393 e. The minimum absolute atomic E-state index is 0.000849. The SMILES string of the molecule is NC(=O)c1cccc2c1CCN2c1nccc(Cc2cc(F)c(F)c(F)c2)c1C[C@@H](F)CO. The molecule has 0 spiro atoms. The van der Waals surface area contributed by atoms with Gasteiger partial charge < -0.3 is 15.7 Å². The van der Waals surface area contributed by atoms with Crippen LogP contribution in [0.3, 0.4) is 0 Å². The number of aromatic nitrogens is 1. The highest BCUT2D eigenvalue weighted by atomic mass is 19.2. The molecule has 0 saturated heterocycles. The Morgan fingerprint density at radius 3 is 2.58 bits per heavy atom. The van der Waals surface area contributed by atoms with E-state index in [4.69, 9.17) is 5.73 Å². The van der Waals surface area contributed by atoms with Gasteiger partial charge in [-0.15, -0.1) is 0 Å². The van der Waals surface area contributed by atoms with Gasteiger partial charge in [0.05, 0.1) is 6.61 Å². The summed E-state index contributed by atoms with van der Waals surface area (Å²) in [6, 6.07) is 8.51. The van der Waals surface area contributed by atoms with Gasteiger partial charge >= 0.3 is 0 Å². The van der Waals surface area contributed by atoms with Gasteiger partial charge in [0.1, 0.15) is 12.0 Å². The van der Waals surface area contributed by atoms with Crippen LogP contribution in [0.15, 0.2) is 42.6 Å². The molecule has 33 heavy (non-hydrogen) atoms. The first kappa shape index (κ1) is 22.7. The van der Waals surface area contributed by atoms with Gasteiger partial charge in [-0.05, 0) is 59.9 Å². The van der Waals surface area contributed by atoms with Gasteiger partial charge in [0, 0.05) is 36.0 Å². The molecule has 0 saturated carbocycles. The maximum atomic E-state index is 14.3. The van der Waals surface area contributed by atoms with Crippen molar-refractivity contribution in [3.8, 4) is 0 Å². The van der Waals surface area contributed by atoms with Crippen LogP contribution in [-0.2, 0) is 19.3 Å². The summed E-state index contributed by atoms with van der Waals surface area (Å²) in [7, 11) is 0. The minimum atomic E-state index is -1.59. The number of benzene rings is 2. The molecule has 3 N–H and O–H groups in total. The second-order valence-electron chi connectivity index (χ2n) is 7.88. The quantitative estimate of drug-likeness (QED) is 0.417. The Kier molecular flexibility index (Phi) is 6.33. The number of primary amides is 1. The summed E-state index contributed by atoms with van der Waals surface area (Å²) in [5.41, 5.74) is 8.49. The highest BCUT2D eigenvalue weighted by molar-refractivity contribution is 5.97. The molecule has 172 valence electrons. The number of halogens is 4. The molecule has 9 heteroatoms. The lowest BCUT2D eigenvalue weighted by atomic mass is 9.96. The Morgan fingerprint density at radius 1 is 1.18 bits per heavy atom. The van der Waals surface area contributed by atoms with Crippen molar-refractivity contribution in [1.82, 2.24) is 4.98 Å². The van der Waals surface area contributed by atoms with Crippen LogP contribution in [0.5, 0.6) is 0 Å². The van der Waals surface area contributed by atoms with Gasteiger partial charge in [-0.25, -0.2) is 22.5 Å². The number of hydrogen-bond donors (Lipinski definition) is 2. The van der Waals surface area contributed by atoms with Crippen LogP contribution in [0.1, 0.15) is 32.6 Å². The Balaban J connectivity index is 1.79. The first-order chi connectivity index (χ1) is 15.8. The van der Waals surface area contributed by atoms with Crippen molar-refractivity contribution in [3.63, 3.8) is 0 Å². The van der Waals surface area contributed by atoms with Crippen LogP contribution in [0.4, 0.5) is 29.1 Å². The number of alkyl halides is 1. The van der Waals surface area contributed by atoms with Crippen LogP contribution in [0.2, 0.25) is 0 Å². The number of pyridine rings is 1. The molecule has 0 unspecified atom stereocenters. The summed E-state index contributed by atoms with van der Waals surface area (Å²) in [5, 5.41) is 9.29. The molecule has 0 aliphatic carbocycles. The third-order valence-corrected chi connectivity index (χ3v) is 5.74. The molecule has 1 aliphatic rings. The molecule has 5 nitrogen and oxygen atoms in total. The Morgan fingerprint density at radius 2 is 1.91 bits per heavy atom. The van der Waals surface area contributed by atoms with E-state index in [1.54, 1.807) is 24.3 Å². The molecule has 0 fully saturated rings. The number of amides is 1. The normalized spacial score (nSPS) is 13.8. The maximum Gasteiger partial charge on any atom is 0.249 e. The third-order valence-electron chi connectivity index (χ3n) is 5.74. The van der Waals surface area contributed by atoms with Crippen molar-refractivity contribution in [2.45, 2.75) is 25.4 Å². The van der Waals surface area contributed by atoms with Crippen LogP contribution in [0, 0.1) is 17.5 Å². The van der Waals surface area contributed by atoms with Gasteiger partial charge in [-0.3, -0.25) is 4.79 Å². The van der Waals surface area contributed by atoms with Crippen LogP contribution < -0.4 is 10.6 Å². The fraction of sp³-hybridized carbons (Fsp3) is 0.250. The molecule has 2 aromatic carbocycles. The number of nitrogens with two attached hydrogens (primary N) is 1. The number of carbonyl (C=O) groups excluding carboxylic acids is 1. The topological polar surface area (TPSA) is 79.5 Å². The average molecular weight is 459 g/mol. The van der Waals surface area contributed by atoms with E-state index in [2.05, 4.69) is 4.98 Å². The number of aliphatic hydroxyl groups is 1. The number of nitrogens with zero attached hydrogens (tertiary/aromatic N) is 2. The van der Waals surface area contributed by atoms with E-state index >= 15 is 0 Å². The van der Waals surface area contributed by atoms with Gasteiger partial charge in [-0.1, -0.05) is 6.07 Å². The fourth-order valence-corrected chi connectivity index (χ4v) is 4.24. The Bertz CT molecular complexity index is 1200. The second kappa shape index (κ2) is 9.19. The molecule has 1 atom stereocenters. The van der Waals surface area contributed by atoms with E-state index in [9.17, 15) is 27.5 Å². The monoisotopic (exact) mass is 459 g/mol. The second-order valence-corrected chi connectivity index (χ2v) is 7.88. The van der Waals surface area contributed by atoms with Crippen LogP contribution in [-0.4, -0.2) is 35.3 Å². The van der Waals surface area contributed by atoms with Crippen molar-refractivity contribution >= 4 is 17.4 Å². The predicted octanol–water partition coefficient (Wildman–Crippen LogP) is 3.76. The molecule has 4 rings (SSSR count). The first-order valence-electron chi connectivity index (χ1n) is 10.3. The first-order valence-corrected chi connectivity index (χ1v) is 10.3. The zero-order chi connectivity index (χ0) is 23.7. The van der Waals surface area contributed by atoms with Gasteiger partial charge in [0.25, 0.3) is 0 Å². The standard InChI is InChI=1S/C24H21F4N3O2/c25-15(12-32)11-18-14(8-13-9-19(26)22(28)20(27)10-13)4-6-30-24(18)31-7-5-16-17(23(29)33)2-1-3-21(16)31/h1-4,6,9-10,15,32H,5,7-8,11-12H2,(H2,29,33)/t15-/m1/s1. The van der Waals surface area contributed by atoms with Crippen molar-refractivity contribution in [2.24, 2.45) is 5.73 Å². The van der Waals surface area contributed by atoms with E-state index in [0.29, 0.717) is 41.2 Å². The van der Waals surface area contributed by atoms with Gasteiger partial charge in [0.2, 0.25) is 5.91 Å². The van der Waals surface area contributed by atoms with Crippen LogP contribution in [0.25, 0.3) is 0 Å². The molecular weight excluding hydrogens is 438 g/mol. The fourth-order valence-electron chi connectivity index (χ4n) is 4.24. The predicted molar refractivity (Wildman–Crippen MR) is 115 cm³/mol. The lowest BCUT2D eigenvalue weighted by Gasteiger charge is -2.24. The summed E-state index contributed by atoms with van der Waals surface area (Å²) in [4.78, 5) is 18.1. The highest BCUT2D eigenvalue weighted by Crippen LogP contribution is 2.38. The Labute approximate surface area is 187 Å². The number of anilines is 2. The number of fused-ring (bicyclic) bond motifs is 1. The van der Waals surface area contributed by atoms with E-state index in [1.807, 2.05) is 4.90 Å². The number of carbonyl (C=O) groups is 1. The van der Waals surface area contributed by atoms with Crippen molar-refractivity contribution in [1.29, 1.82) is 0 Å². The van der Waals surface area contributed by atoms with E-state index < -0.39 is 36.1 Å². The molecule has 1 aliphatic heterocycles.